The van der Waals surface area contributed by atoms with Crippen LogP contribution in [0.2, 0.25) is 5.02 Å². The summed E-state index contributed by atoms with van der Waals surface area (Å²) in [4.78, 5) is 14.6. The number of nitrogen functional groups attached to an aromatic ring is 1. The van der Waals surface area contributed by atoms with Gasteiger partial charge in [-0.2, -0.15) is 0 Å². The standard InChI is InChI=1S/C7H8ClN3O2/c1-13-4-2-3(8)5(9)6(11-4)7(10)12/h2H,9H2,1H3,(H2,10,12). The second kappa shape index (κ2) is 3.49. The van der Waals surface area contributed by atoms with Crippen LogP contribution in [0.4, 0.5) is 5.69 Å². The third-order valence-corrected chi connectivity index (χ3v) is 1.74. The number of ether oxygens (including phenoxy) is 1. The Kier molecular flexibility index (Phi) is 2.57. The molecule has 1 heterocycles. The number of methoxy groups -OCH3 is 1. The lowest BCUT2D eigenvalue weighted by molar-refractivity contribution is 0.0995. The Morgan fingerprint density at radius 1 is 1.69 bits per heavy atom. The maximum atomic E-state index is 10.8. The van der Waals surface area contributed by atoms with E-state index in [0.29, 0.717) is 0 Å². The Morgan fingerprint density at radius 3 is 2.77 bits per heavy atom. The van der Waals surface area contributed by atoms with Gasteiger partial charge in [-0.1, -0.05) is 11.6 Å². The van der Waals surface area contributed by atoms with Gasteiger partial charge in [-0.3, -0.25) is 4.79 Å². The van der Waals surface area contributed by atoms with Crippen LogP contribution < -0.4 is 16.2 Å². The summed E-state index contributed by atoms with van der Waals surface area (Å²) < 4.78 is 4.78. The fourth-order valence-electron chi connectivity index (χ4n) is 0.794. The Labute approximate surface area is 79.6 Å². The van der Waals surface area contributed by atoms with E-state index in [-0.39, 0.29) is 22.3 Å². The van der Waals surface area contributed by atoms with Crippen LogP contribution >= 0.6 is 11.6 Å². The van der Waals surface area contributed by atoms with Crippen molar-refractivity contribution in [2.24, 2.45) is 5.73 Å². The number of carbonyl (C=O) groups is 1. The molecule has 0 aliphatic carbocycles. The van der Waals surface area contributed by atoms with Crippen molar-refractivity contribution in [3.05, 3.63) is 16.8 Å². The molecule has 0 fully saturated rings. The maximum absolute atomic E-state index is 10.8. The lowest BCUT2D eigenvalue weighted by atomic mass is 10.3. The molecule has 0 aromatic carbocycles. The van der Waals surface area contributed by atoms with Gasteiger partial charge >= 0.3 is 0 Å². The second-order valence-electron chi connectivity index (χ2n) is 2.27. The van der Waals surface area contributed by atoms with Gasteiger partial charge in [-0.25, -0.2) is 4.98 Å². The van der Waals surface area contributed by atoms with Crippen LogP contribution in [0.15, 0.2) is 6.07 Å². The molecule has 0 aliphatic rings. The topological polar surface area (TPSA) is 91.2 Å². The molecule has 0 radical (unpaired) electrons. The van der Waals surface area contributed by atoms with Crippen molar-refractivity contribution < 1.29 is 9.53 Å². The van der Waals surface area contributed by atoms with Crippen molar-refractivity contribution in [1.82, 2.24) is 4.98 Å². The molecule has 1 amide bonds. The Morgan fingerprint density at radius 2 is 2.31 bits per heavy atom. The summed E-state index contributed by atoms with van der Waals surface area (Å²) >= 11 is 5.69. The average Bonchev–Trinajstić information content (AvgIpc) is 2.09. The molecule has 6 heteroatoms. The molecule has 0 saturated carbocycles. The van der Waals surface area contributed by atoms with Crippen LogP contribution in [0.1, 0.15) is 10.5 Å². The minimum Gasteiger partial charge on any atom is -0.481 e. The summed E-state index contributed by atoms with van der Waals surface area (Å²) in [5, 5.41) is 0.195. The van der Waals surface area contributed by atoms with Crippen LogP contribution in [0.3, 0.4) is 0 Å². The van der Waals surface area contributed by atoms with Crippen molar-refractivity contribution in [3.63, 3.8) is 0 Å². The van der Waals surface area contributed by atoms with Gasteiger partial charge in [0.05, 0.1) is 17.8 Å². The summed E-state index contributed by atoms with van der Waals surface area (Å²) in [5.41, 5.74) is 10.5. The van der Waals surface area contributed by atoms with E-state index in [1.807, 2.05) is 0 Å². The van der Waals surface area contributed by atoms with E-state index in [1.165, 1.54) is 13.2 Å². The molecule has 0 atom stereocenters. The molecule has 1 aromatic heterocycles. The third-order valence-electron chi connectivity index (χ3n) is 1.43. The zero-order chi connectivity index (χ0) is 10.0. The molecule has 5 nitrogen and oxygen atoms in total. The number of primary amides is 1. The van der Waals surface area contributed by atoms with Crippen molar-refractivity contribution >= 4 is 23.2 Å². The quantitative estimate of drug-likeness (QED) is 0.726. The number of aromatic nitrogens is 1. The maximum Gasteiger partial charge on any atom is 0.269 e. The fraction of sp³-hybridized carbons (Fsp3) is 0.143. The van der Waals surface area contributed by atoms with Crippen molar-refractivity contribution in [2.45, 2.75) is 0 Å². The number of anilines is 1. The van der Waals surface area contributed by atoms with Gasteiger partial charge in [-0.15, -0.1) is 0 Å². The predicted octanol–water partition coefficient (Wildman–Crippen LogP) is 0.425. The number of halogens is 1. The van der Waals surface area contributed by atoms with Gasteiger partial charge in [0.25, 0.3) is 5.91 Å². The Bertz CT molecular complexity index is 354. The van der Waals surface area contributed by atoms with Crippen molar-refractivity contribution in [2.75, 3.05) is 12.8 Å². The van der Waals surface area contributed by atoms with Gasteiger partial charge in [-0.05, 0) is 0 Å². The zero-order valence-corrected chi connectivity index (χ0v) is 7.63. The van der Waals surface area contributed by atoms with E-state index >= 15 is 0 Å². The highest BCUT2D eigenvalue weighted by Crippen LogP contribution is 2.25. The molecule has 1 aromatic rings. The summed E-state index contributed by atoms with van der Waals surface area (Å²) in [6.07, 6.45) is 0. The van der Waals surface area contributed by atoms with E-state index < -0.39 is 5.91 Å². The van der Waals surface area contributed by atoms with E-state index in [1.54, 1.807) is 0 Å². The molecule has 0 bridgehead atoms. The molecular formula is C7H8ClN3O2. The van der Waals surface area contributed by atoms with Crippen molar-refractivity contribution in [3.8, 4) is 5.88 Å². The summed E-state index contributed by atoms with van der Waals surface area (Å²) in [6.45, 7) is 0. The Balaban J connectivity index is 3.33. The molecule has 0 spiro atoms. The minimum absolute atomic E-state index is 0.0648. The monoisotopic (exact) mass is 201 g/mol. The van der Waals surface area contributed by atoms with Gasteiger partial charge in [0.2, 0.25) is 5.88 Å². The smallest absolute Gasteiger partial charge is 0.269 e. The third kappa shape index (κ3) is 1.81. The number of amides is 1. The predicted molar refractivity (Wildman–Crippen MR) is 48.7 cm³/mol. The van der Waals surface area contributed by atoms with E-state index in [2.05, 4.69) is 4.98 Å². The van der Waals surface area contributed by atoms with Gasteiger partial charge in [0.15, 0.2) is 5.69 Å². The molecule has 0 saturated heterocycles. The van der Waals surface area contributed by atoms with E-state index in [9.17, 15) is 4.79 Å². The zero-order valence-electron chi connectivity index (χ0n) is 6.87. The molecule has 4 N–H and O–H groups in total. The molecule has 0 unspecified atom stereocenters. The highest BCUT2D eigenvalue weighted by Gasteiger charge is 2.13. The van der Waals surface area contributed by atoms with Gasteiger partial charge in [0.1, 0.15) is 0 Å². The first-order valence-electron chi connectivity index (χ1n) is 3.36. The summed E-state index contributed by atoms with van der Waals surface area (Å²) in [5.74, 6) is -0.536. The van der Waals surface area contributed by atoms with Crippen LogP contribution in [0.5, 0.6) is 5.88 Å². The molecule has 1 rings (SSSR count). The van der Waals surface area contributed by atoms with E-state index in [0.717, 1.165) is 0 Å². The number of carbonyl (C=O) groups excluding carboxylic acids is 1. The highest BCUT2D eigenvalue weighted by atomic mass is 35.5. The normalized spacial score (nSPS) is 9.69. The molecule has 13 heavy (non-hydrogen) atoms. The van der Waals surface area contributed by atoms with Crippen LogP contribution in [-0.4, -0.2) is 18.0 Å². The first-order valence-corrected chi connectivity index (χ1v) is 3.74. The molecule has 0 aliphatic heterocycles. The SMILES string of the molecule is COc1cc(Cl)c(N)c(C(N)=O)n1. The largest absolute Gasteiger partial charge is 0.481 e. The summed E-state index contributed by atoms with van der Waals surface area (Å²) in [7, 11) is 1.40. The number of hydrogen-bond acceptors (Lipinski definition) is 4. The number of hydrogen-bond donors (Lipinski definition) is 2. The lowest BCUT2D eigenvalue weighted by Gasteiger charge is -2.05. The minimum atomic E-state index is -0.738. The Hall–Kier alpha value is -1.49. The lowest BCUT2D eigenvalue weighted by Crippen LogP contribution is -2.16. The first-order chi connectivity index (χ1) is 6.06. The fourth-order valence-corrected chi connectivity index (χ4v) is 0.977. The first kappa shape index (κ1) is 9.60. The molecule has 70 valence electrons. The van der Waals surface area contributed by atoms with Crippen LogP contribution in [0, 0.1) is 0 Å². The highest BCUT2D eigenvalue weighted by molar-refractivity contribution is 6.33. The number of pyridine rings is 1. The van der Waals surface area contributed by atoms with E-state index in [4.69, 9.17) is 27.8 Å². The number of rotatable bonds is 2. The molecular weight excluding hydrogens is 194 g/mol. The van der Waals surface area contributed by atoms with Crippen LogP contribution in [-0.2, 0) is 0 Å². The van der Waals surface area contributed by atoms with Crippen molar-refractivity contribution in [1.29, 1.82) is 0 Å². The number of nitrogens with two attached hydrogens (primary N) is 2. The second-order valence-corrected chi connectivity index (χ2v) is 2.68. The van der Waals surface area contributed by atoms with Crippen LogP contribution in [0.25, 0.3) is 0 Å². The van der Waals surface area contributed by atoms with Gasteiger partial charge in [0, 0.05) is 6.07 Å². The number of nitrogens with zero attached hydrogens (tertiary/aromatic N) is 1. The summed E-state index contributed by atoms with van der Waals surface area (Å²) in [6, 6.07) is 1.41. The van der Waals surface area contributed by atoms with Gasteiger partial charge < -0.3 is 16.2 Å². The average molecular weight is 202 g/mol.